The third kappa shape index (κ3) is 4.71. The van der Waals surface area contributed by atoms with Crippen LogP contribution in [0.15, 0.2) is 24.3 Å². The molecule has 1 rings (SSSR count). The van der Waals surface area contributed by atoms with E-state index in [9.17, 15) is 4.57 Å². The maximum atomic E-state index is 11.7. The van der Waals surface area contributed by atoms with Crippen molar-refractivity contribution in [1.82, 2.24) is 0 Å². The smallest absolute Gasteiger partial charge is 0.508 e. The molecule has 1 unspecified atom stereocenters. The lowest BCUT2D eigenvalue weighted by molar-refractivity contribution is -0.870. The van der Waals surface area contributed by atoms with Crippen LogP contribution in [-0.2, 0) is 9.09 Å². The molecule has 5 heteroatoms. The van der Waals surface area contributed by atoms with Crippen LogP contribution in [-0.4, -0.2) is 43.9 Å². The number of nitrogens with zero attached hydrogens (tertiary/aromatic N) is 1. The van der Waals surface area contributed by atoms with Crippen molar-refractivity contribution >= 4 is 13.3 Å². The van der Waals surface area contributed by atoms with Crippen LogP contribution in [0.1, 0.15) is 0 Å². The van der Waals surface area contributed by atoms with E-state index in [4.69, 9.17) is 9.63 Å². The largest absolute Gasteiger partial charge is 0.548 e. The van der Waals surface area contributed by atoms with Gasteiger partial charge in [0.25, 0.3) is 0 Å². The van der Waals surface area contributed by atoms with Crippen molar-refractivity contribution in [3.05, 3.63) is 24.3 Å². The molecule has 0 radical (unpaired) electrons. The first kappa shape index (κ1) is 13.1. The van der Waals surface area contributed by atoms with Crippen molar-refractivity contribution in [1.29, 1.82) is 0 Å². The molecule has 0 aliphatic heterocycles. The van der Waals surface area contributed by atoms with Gasteiger partial charge in [-0.3, -0.25) is 0 Å². The van der Waals surface area contributed by atoms with Crippen molar-refractivity contribution in [2.75, 3.05) is 34.3 Å². The maximum Gasteiger partial charge on any atom is 0.548 e. The van der Waals surface area contributed by atoms with Gasteiger partial charge in [0, 0.05) is 0 Å². The molecular weight excluding hydrogens is 225 g/mol. The predicted molar refractivity (Wildman–Crippen MR) is 64.2 cm³/mol. The highest BCUT2D eigenvalue weighted by atomic mass is 31.1. The third-order valence-electron chi connectivity index (χ3n) is 2.03. The number of rotatable bonds is 5. The second-order valence-corrected chi connectivity index (χ2v) is 5.91. The summed E-state index contributed by atoms with van der Waals surface area (Å²) in [6, 6.07) is 6.23. The van der Waals surface area contributed by atoms with Gasteiger partial charge >= 0.3 is 8.03 Å². The van der Waals surface area contributed by atoms with Crippen molar-refractivity contribution in [3.8, 4) is 5.75 Å². The lowest BCUT2D eigenvalue weighted by atomic mass is 10.3. The minimum atomic E-state index is -1.81. The van der Waals surface area contributed by atoms with Crippen LogP contribution in [0.3, 0.4) is 0 Å². The van der Waals surface area contributed by atoms with E-state index < -0.39 is 8.03 Å². The first-order valence-corrected chi connectivity index (χ1v) is 6.26. The highest BCUT2D eigenvalue weighted by Gasteiger charge is 2.23. The molecule has 4 nitrogen and oxygen atoms in total. The molecule has 16 heavy (non-hydrogen) atoms. The van der Waals surface area contributed by atoms with Crippen molar-refractivity contribution in [2.45, 2.75) is 0 Å². The number of aromatic hydroxyl groups is 1. The first-order valence-electron chi connectivity index (χ1n) is 5.08. The van der Waals surface area contributed by atoms with E-state index >= 15 is 0 Å². The van der Waals surface area contributed by atoms with Crippen LogP contribution >= 0.6 is 8.03 Å². The molecule has 88 valence electrons. The van der Waals surface area contributed by atoms with Gasteiger partial charge in [0.05, 0.1) is 21.1 Å². The monoisotopic (exact) mass is 243 g/mol. The Kier molecular flexibility index (Phi) is 4.42. The van der Waals surface area contributed by atoms with Crippen molar-refractivity contribution < 1.29 is 18.7 Å². The number of quaternary nitrogens is 1. The summed E-state index contributed by atoms with van der Waals surface area (Å²) in [5.74, 6) is 0.165. The Bertz CT molecular complexity index is 356. The van der Waals surface area contributed by atoms with Gasteiger partial charge in [0.1, 0.15) is 12.3 Å². The van der Waals surface area contributed by atoms with Crippen LogP contribution < -0.4 is 5.30 Å². The highest BCUT2D eigenvalue weighted by Crippen LogP contribution is 2.22. The Balaban J connectivity index is 2.44. The number of hydrogen-bond acceptors (Lipinski definition) is 3. The SMILES string of the molecule is C[N+](C)(C)CCO[P+](=O)c1ccc(O)cc1. The fourth-order valence-corrected chi connectivity index (χ4v) is 1.84. The molecule has 0 aliphatic rings. The normalized spacial score (nSPS) is 12.6. The van der Waals surface area contributed by atoms with Gasteiger partial charge < -0.3 is 9.59 Å². The van der Waals surface area contributed by atoms with Crippen LogP contribution in [0.5, 0.6) is 5.75 Å². The summed E-state index contributed by atoms with van der Waals surface area (Å²) in [5.41, 5.74) is 0. The zero-order valence-corrected chi connectivity index (χ0v) is 10.8. The molecular formula is C11H18NO3P+2. The van der Waals surface area contributed by atoms with E-state index in [1.807, 2.05) is 0 Å². The summed E-state index contributed by atoms with van der Waals surface area (Å²) < 4.78 is 17.7. The van der Waals surface area contributed by atoms with Crippen molar-refractivity contribution in [2.24, 2.45) is 0 Å². The van der Waals surface area contributed by atoms with Crippen LogP contribution in [0.4, 0.5) is 0 Å². The number of hydrogen-bond donors (Lipinski definition) is 1. The minimum absolute atomic E-state index is 0.165. The molecule has 0 bridgehead atoms. The van der Waals surface area contributed by atoms with Crippen LogP contribution in [0.2, 0.25) is 0 Å². The van der Waals surface area contributed by atoms with E-state index in [1.165, 1.54) is 12.1 Å². The van der Waals surface area contributed by atoms with Gasteiger partial charge in [-0.1, -0.05) is 0 Å². The Hall–Kier alpha value is -0.960. The molecule has 0 aromatic heterocycles. The number of phenols is 1. The second-order valence-electron chi connectivity index (χ2n) is 4.62. The average Bonchev–Trinajstić information content (AvgIpc) is 2.16. The van der Waals surface area contributed by atoms with E-state index in [0.717, 1.165) is 11.0 Å². The molecule has 0 fully saturated rings. The Morgan fingerprint density at radius 1 is 1.25 bits per heavy atom. The lowest BCUT2D eigenvalue weighted by Gasteiger charge is -2.21. The molecule has 1 N–H and O–H groups in total. The summed E-state index contributed by atoms with van der Waals surface area (Å²) in [6.07, 6.45) is 0. The fraction of sp³-hybridized carbons (Fsp3) is 0.455. The van der Waals surface area contributed by atoms with E-state index in [2.05, 4.69) is 21.1 Å². The standard InChI is InChI=1S/C11H17NO3P/c1-12(2,3)8-9-15-16(14)11-6-4-10(13)5-7-11/h4-7H,8-9H2,1-3H3/q+1/p+1. The predicted octanol–water partition coefficient (Wildman–Crippen LogP) is 1.48. The Morgan fingerprint density at radius 3 is 2.31 bits per heavy atom. The van der Waals surface area contributed by atoms with Gasteiger partial charge in [-0.25, -0.2) is 0 Å². The molecule has 0 spiro atoms. The molecule has 0 aliphatic carbocycles. The zero-order chi connectivity index (χ0) is 12.2. The third-order valence-corrected chi connectivity index (χ3v) is 3.17. The number of likely N-dealkylation sites (N-methyl/N-ethyl adjacent to an activating group) is 1. The van der Waals surface area contributed by atoms with Gasteiger partial charge in [-0.05, 0) is 28.8 Å². The van der Waals surface area contributed by atoms with Gasteiger partial charge in [-0.15, -0.1) is 4.52 Å². The molecule has 1 aromatic carbocycles. The maximum absolute atomic E-state index is 11.7. The van der Waals surface area contributed by atoms with Crippen LogP contribution in [0.25, 0.3) is 0 Å². The average molecular weight is 243 g/mol. The van der Waals surface area contributed by atoms with Gasteiger partial charge in [0.15, 0.2) is 6.61 Å². The molecule has 0 heterocycles. The molecule has 1 atom stereocenters. The molecule has 0 amide bonds. The summed E-state index contributed by atoms with van der Waals surface area (Å²) >= 11 is 0. The quantitative estimate of drug-likeness (QED) is 0.629. The van der Waals surface area contributed by atoms with E-state index in [-0.39, 0.29) is 5.75 Å². The summed E-state index contributed by atoms with van der Waals surface area (Å²) in [7, 11) is 4.35. The Morgan fingerprint density at radius 2 is 1.81 bits per heavy atom. The second kappa shape index (κ2) is 5.39. The fourth-order valence-electron chi connectivity index (χ4n) is 1.05. The molecule has 0 saturated heterocycles. The molecule has 0 saturated carbocycles. The zero-order valence-electron chi connectivity index (χ0n) is 9.88. The summed E-state index contributed by atoms with van der Waals surface area (Å²) in [6.45, 7) is 1.26. The number of benzene rings is 1. The van der Waals surface area contributed by atoms with E-state index in [1.54, 1.807) is 12.1 Å². The summed E-state index contributed by atoms with van der Waals surface area (Å²) in [4.78, 5) is 0. The minimum Gasteiger partial charge on any atom is -0.508 e. The Labute approximate surface area is 96.9 Å². The van der Waals surface area contributed by atoms with Gasteiger partial charge in [-0.2, -0.15) is 0 Å². The first-order chi connectivity index (χ1) is 7.38. The van der Waals surface area contributed by atoms with E-state index in [0.29, 0.717) is 11.9 Å². The highest BCUT2D eigenvalue weighted by molar-refractivity contribution is 7.48. The number of phenolic OH excluding ortho intramolecular Hbond substituents is 1. The van der Waals surface area contributed by atoms with Crippen molar-refractivity contribution in [3.63, 3.8) is 0 Å². The van der Waals surface area contributed by atoms with Gasteiger partial charge in [0.2, 0.25) is 5.30 Å². The molecule has 1 aromatic rings. The lowest BCUT2D eigenvalue weighted by Crippen LogP contribution is -2.37. The topological polar surface area (TPSA) is 46.5 Å². The van der Waals surface area contributed by atoms with Crippen LogP contribution in [0, 0.1) is 0 Å². The summed E-state index contributed by atoms with van der Waals surface area (Å²) in [5, 5.41) is 9.69.